The van der Waals surface area contributed by atoms with Crippen LogP contribution < -0.4 is 16.4 Å². The Bertz CT molecular complexity index is 1470. The van der Waals surface area contributed by atoms with Crippen molar-refractivity contribution in [3.8, 4) is 22.2 Å². The molecule has 0 saturated carbocycles. The minimum Gasteiger partial charge on any atom is -0.382 e. The minimum atomic E-state index is -0.278. The molecular weight excluding hydrogens is 474 g/mol. The third kappa shape index (κ3) is 4.72. The summed E-state index contributed by atoms with van der Waals surface area (Å²) >= 11 is 7.26. The van der Waals surface area contributed by atoms with Gasteiger partial charge in [-0.05, 0) is 42.5 Å². The largest absolute Gasteiger partial charge is 0.382 e. The normalized spacial score (nSPS) is 10.7. The lowest BCUT2D eigenvalue weighted by Crippen LogP contribution is -2.11. The molecule has 0 bridgehead atoms. The molecule has 34 heavy (non-hydrogen) atoms. The SMILES string of the molecule is Nc1nc(Nc2cccnc2)sc1-c1nc(-c2cccc(NC(=O)c3cccc(Cl)c3)c2)no1. The van der Waals surface area contributed by atoms with Crippen LogP contribution in [0.2, 0.25) is 5.02 Å². The molecule has 0 spiro atoms. The first-order valence-corrected chi connectivity index (χ1v) is 11.2. The minimum absolute atomic E-state index is 0.248. The average molecular weight is 490 g/mol. The summed E-state index contributed by atoms with van der Waals surface area (Å²) in [7, 11) is 0. The van der Waals surface area contributed by atoms with Crippen LogP contribution in [0, 0.1) is 0 Å². The predicted octanol–water partition coefficient (Wildman–Crippen LogP) is 5.49. The highest BCUT2D eigenvalue weighted by Crippen LogP contribution is 2.36. The quantitative estimate of drug-likeness (QED) is 0.285. The number of aromatic nitrogens is 4. The molecule has 0 aliphatic heterocycles. The summed E-state index contributed by atoms with van der Waals surface area (Å²) in [5.41, 5.74) is 8.56. The van der Waals surface area contributed by atoms with Crippen molar-refractivity contribution in [1.29, 1.82) is 0 Å². The number of anilines is 4. The number of nitrogens with zero attached hydrogens (tertiary/aromatic N) is 4. The second kappa shape index (κ2) is 9.30. The first kappa shape index (κ1) is 21.6. The van der Waals surface area contributed by atoms with E-state index >= 15 is 0 Å². The number of nitrogen functional groups attached to an aromatic ring is 1. The second-order valence-corrected chi connectivity index (χ2v) is 8.50. The molecule has 11 heteroatoms. The summed E-state index contributed by atoms with van der Waals surface area (Å²) in [5.74, 6) is 0.592. The first-order valence-electron chi connectivity index (χ1n) is 10.00. The molecule has 4 N–H and O–H groups in total. The van der Waals surface area contributed by atoms with E-state index in [1.807, 2.05) is 18.2 Å². The molecule has 9 nitrogen and oxygen atoms in total. The van der Waals surface area contributed by atoms with E-state index in [9.17, 15) is 4.79 Å². The molecule has 168 valence electrons. The van der Waals surface area contributed by atoms with E-state index in [1.54, 1.807) is 54.9 Å². The van der Waals surface area contributed by atoms with Crippen LogP contribution in [0.4, 0.5) is 22.3 Å². The Balaban J connectivity index is 1.35. The summed E-state index contributed by atoms with van der Waals surface area (Å²) in [4.78, 5) is 25.9. The second-order valence-electron chi connectivity index (χ2n) is 7.07. The zero-order valence-corrected chi connectivity index (χ0v) is 19.0. The number of nitrogens with one attached hydrogen (secondary N) is 2. The fourth-order valence-electron chi connectivity index (χ4n) is 3.10. The van der Waals surface area contributed by atoms with Crippen molar-refractivity contribution in [2.45, 2.75) is 0 Å². The third-order valence-corrected chi connectivity index (χ3v) is 5.86. The van der Waals surface area contributed by atoms with Crippen LogP contribution in [0.15, 0.2) is 77.6 Å². The van der Waals surface area contributed by atoms with Crippen LogP contribution in [0.1, 0.15) is 10.4 Å². The van der Waals surface area contributed by atoms with Gasteiger partial charge >= 0.3 is 0 Å². The molecule has 0 radical (unpaired) electrons. The molecule has 3 aromatic heterocycles. The molecular formula is C23H16ClN7O2S. The van der Waals surface area contributed by atoms with Gasteiger partial charge in [0.1, 0.15) is 10.7 Å². The molecule has 0 atom stereocenters. The van der Waals surface area contributed by atoms with Crippen molar-refractivity contribution >= 4 is 51.2 Å². The number of hydrogen-bond donors (Lipinski definition) is 3. The highest BCUT2D eigenvalue weighted by atomic mass is 35.5. The molecule has 1 amide bonds. The number of thiazole rings is 1. The summed E-state index contributed by atoms with van der Waals surface area (Å²) in [6.07, 6.45) is 3.37. The van der Waals surface area contributed by atoms with E-state index in [4.69, 9.17) is 21.9 Å². The van der Waals surface area contributed by atoms with Gasteiger partial charge in [0.05, 0.1) is 11.9 Å². The van der Waals surface area contributed by atoms with Gasteiger partial charge in [-0.15, -0.1) is 0 Å². The Hall–Kier alpha value is -4.28. The third-order valence-electron chi connectivity index (χ3n) is 4.65. The van der Waals surface area contributed by atoms with Crippen LogP contribution in [0.5, 0.6) is 0 Å². The zero-order chi connectivity index (χ0) is 23.5. The molecule has 0 saturated heterocycles. The summed E-state index contributed by atoms with van der Waals surface area (Å²) < 4.78 is 5.44. The molecule has 0 aliphatic carbocycles. The lowest BCUT2D eigenvalue weighted by atomic mass is 10.1. The number of rotatable bonds is 6. The maximum Gasteiger partial charge on any atom is 0.272 e. The van der Waals surface area contributed by atoms with Crippen LogP contribution >= 0.6 is 22.9 Å². The Morgan fingerprint density at radius 1 is 1.03 bits per heavy atom. The summed E-state index contributed by atoms with van der Waals surface area (Å²) in [6.45, 7) is 0. The van der Waals surface area contributed by atoms with Gasteiger partial charge in [-0.1, -0.05) is 46.3 Å². The highest BCUT2D eigenvalue weighted by Gasteiger charge is 2.18. The number of amides is 1. The zero-order valence-electron chi connectivity index (χ0n) is 17.4. The number of carbonyl (C=O) groups excluding carboxylic acids is 1. The molecule has 5 rings (SSSR count). The molecule has 3 heterocycles. The van der Waals surface area contributed by atoms with Crippen LogP contribution in [0.3, 0.4) is 0 Å². The van der Waals surface area contributed by atoms with E-state index in [-0.39, 0.29) is 17.6 Å². The molecule has 0 unspecified atom stereocenters. The first-order chi connectivity index (χ1) is 16.5. The van der Waals surface area contributed by atoms with Gasteiger partial charge in [-0.25, -0.2) is 4.98 Å². The van der Waals surface area contributed by atoms with E-state index < -0.39 is 0 Å². The number of pyridine rings is 1. The lowest BCUT2D eigenvalue weighted by molar-refractivity contribution is 0.102. The smallest absolute Gasteiger partial charge is 0.272 e. The van der Waals surface area contributed by atoms with Crippen molar-refractivity contribution in [3.05, 3.63) is 83.6 Å². The van der Waals surface area contributed by atoms with Crippen LogP contribution in [-0.2, 0) is 0 Å². The van der Waals surface area contributed by atoms with Crippen molar-refractivity contribution in [3.63, 3.8) is 0 Å². The van der Waals surface area contributed by atoms with Crippen molar-refractivity contribution in [1.82, 2.24) is 20.1 Å². The van der Waals surface area contributed by atoms with Gasteiger partial charge in [-0.2, -0.15) is 4.98 Å². The van der Waals surface area contributed by atoms with Gasteiger partial charge < -0.3 is 20.9 Å². The topological polar surface area (TPSA) is 132 Å². The molecule has 2 aromatic carbocycles. The van der Waals surface area contributed by atoms with Crippen molar-refractivity contribution in [2.24, 2.45) is 0 Å². The Morgan fingerprint density at radius 2 is 1.88 bits per heavy atom. The number of carbonyl (C=O) groups is 1. The fraction of sp³-hybridized carbons (Fsp3) is 0. The van der Waals surface area contributed by atoms with Gasteiger partial charge in [0, 0.05) is 28.0 Å². The van der Waals surface area contributed by atoms with E-state index in [2.05, 4.69) is 30.7 Å². The van der Waals surface area contributed by atoms with Gasteiger partial charge in [-0.3, -0.25) is 9.78 Å². The predicted molar refractivity (Wildman–Crippen MR) is 132 cm³/mol. The Morgan fingerprint density at radius 3 is 2.71 bits per heavy atom. The van der Waals surface area contributed by atoms with Gasteiger partial charge in [0.2, 0.25) is 5.82 Å². The summed E-state index contributed by atoms with van der Waals surface area (Å²) in [5, 5.41) is 11.1. The number of nitrogens with two attached hydrogens (primary N) is 1. The van der Waals surface area contributed by atoms with Crippen molar-refractivity contribution < 1.29 is 9.32 Å². The van der Waals surface area contributed by atoms with Crippen LogP contribution in [-0.4, -0.2) is 26.0 Å². The molecule has 0 aliphatic rings. The number of benzene rings is 2. The van der Waals surface area contributed by atoms with E-state index in [0.717, 1.165) is 5.69 Å². The highest BCUT2D eigenvalue weighted by molar-refractivity contribution is 7.19. The monoisotopic (exact) mass is 489 g/mol. The molecule has 0 fully saturated rings. The maximum absolute atomic E-state index is 12.5. The Kier molecular flexibility index (Phi) is 5.90. The van der Waals surface area contributed by atoms with E-state index in [0.29, 0.717) is 37.7 Å². The van der Waals surface area contributed by atoms with Gasteiger partial charge in [0.15, 0.2) is 5.13 Å². The van der Waals surface area contributed by atoms with Gasteiger partial charge in [0.25, 0.3) is 11.8 Å². The number of halogens is 1. The maximum atomic E-state index is 12.5. The van der Waals surface area contributed by atoms with Crippen molar-refractivity contribution in [2.75, 3.05) is 16.4 Å². The average Bonchev–Trinajstić information content (AvgIpc) is 3.46. The van der Waals surface area contributed by atoms with E-state index in [1.165, 1.54) is 11.3 Å². The standard InChI is InChI=1S/C23H16ClN7O2S/c24-15-6-1-5-14(10-15)21(32)27-16-7-2-4-13(11-16)20-30-22(33-31-20)18-19(25)29-23(34-18)28-17-8-3-9-26-12-17/h1-12H,25H2,(H,27,32)(H,28,29). The Labute approximate surface area is 202 Å². The summed E-state index contributed by atoms with van der Waals surface area (Å²) in [6, 6.07) is 17.5. The van der Waals surface area contributed by atoms with Crippen LogP contribution in [0.25, 0.3) is 22.2 Å². The lowest BCUT2D eigenvalue weighted by Gasteiger charge is -2.06. The molecule has 5 aromatic rings. The fourth-order valence-corrected chi connectivity index (χ4v) is 4.12. The number of hydrogen-bond acceptors (Lipinski definition) is 9.